The molecular weight excluding hydrogens is 320 g/mol. The molecule has 0 aromatic carbocycles. The van der Waals surface area contributed by atoms with Crippen LogP contribution in [-0.4, -0.2) is 49.9 Å². The lowest BCUT2D eigenvalue weighted by molar-refractivity contribution is -0.122. The van der Waals surface area contributed by atoms with Gasteiger partial charge in [0.25, 0.3) is 0 Å². The van der Waals surface area contributed by atoms with E-state index in [0.717, 1.165) is 17.7 Å². The molecule has 124 valence electrons. The second kappa shape index (κ2) is 8.08. The highest BCUT2D eigenvalue weighted by Crippen LogP contribution is 2.21. The van der Waals surface area contributed by atoms with E-state index in [1.54, 1.807) is 11.3 Å². The molecule has 0 spiro atoms. The van der Waals surface area contributed by atoms with Crippen LogP contribution in [0.3, 0.4) is 0 Å². The molecule has 1 amide bonds. The molecule has 22 heavy (non-hydrogen) atoms. The Hall–Kier alpha value is -0.920. The van der Waals surface area contributed by atoms with Gasteiger partial charge in [0.05, 0.1) is 18.1 Å². The highest BCUT2D eigenvalue weighted by molar-refractivity contribution is 7.91. The van der Waals surface area contributed by atoms with Crippen molar-refractivity contribution in [3.05, 3.63) is 22.4 Å². The predicted molar refractivity (Wildman–Crippen MR) is 89.7 cm³/mol. The first kappa shape index (κ1) is 17.4. The Morgan fingerprint density at radius 3 is 2.91 bits per heavy atom. The summed E-state index contributed by atoms with van der Waals surface area (Å²) < 4.78 is 23.4. The Balaban J connectivity index is 1.97. The molecule has 1 aromatic rings. The molecule has 1 saturated heterocycles. The maximum absolute atomic E-state index is 12.1. The Morgan fingerprint density at radius 1 is 1.50 bits per heavy atom. The van der Waals surface area contributed by atoms with E-state index in [9.17, 15) is 13.2 Å². The molecule has 0 unspecified atom stereocenters. The van der Waals surface area contributed by atoms with Crippen molar-refractivity contribution < 1.29 is 13.2 Å². The van der Waals surface area contributed by atoms with Gasteiger partial charge in [0.2, 0.25) is 5.91 Å². The average molecular weight is 345 g/mol. The quantitative estimate of drug-likeness (QED) is 0.728. The summed E-state index contributed by atoms with van der Waals surface area (Å²) in [5.74, 6) is 0.380. The maximum atomic E-state index is 12.1. The van der Waals surface area contributed by atoms with Crippen LogP contribution in [0.4, 0.5) is 0 Å². The molecule has 0 aliphatic carbocycles. The van der Waals surface area contributed by atoms with Crippen LogP contribution >= 0.6 is 11.3 Å². The van der Waals surface area contributed by atoms with Gasteiger partial charge in [-0.15, -0.1) is 11.3 Å². The summed E-state index contributed by atoms with van der Waals surface area (Å²) in [5, 5.41) is 4.91. The zero-order valence-corrected chi connectivity index (χ0v) is 14.6. The van der Waals surface area contributed by atoms with E-state index in [-0.39, 0.29) is 30.0 Å². The number of thiophene rings is 1. The van der Waals surface area contributed by atoms with Crippen molar-refractivity contribution in [1.82, 2.24) is 10.2 Å². The molecule has 1 atom stereocenters. The highest BCUT2D eigenvalue weighted by Gasteiger charge is 2.33. The Bertz CT molecular complexity index is 570. The molecule has 2 rings (SSSR count). The second-order valence-electron chi connectivity index (χ2n) is 5.74. The van der Waals surface area contributed by atoms with Crippen LogP contribution in [0.15, 0.2) is 17.5 Å². The van der Waals surface area contributed by atoms with Crippen molar-refractivity contribution in [2.75, 3.05) is 24.6 Å². The zero-order chi connectivity index (χ0) is 16.0. The van der Waals surface area contributed by atoms with Crippen LogP contribution in [0.25, 0.3) is 0 Å². The van der Waals surface area contributed by atoms with E-state index in [0.29, 0.717) is 19.5 Å². The van der Waals surface area contributed by atoms with Crippen LogP contribution < -0.4 is 5.32 Å². The van der Waals surface area contributed by atoms with Gasteiger partial charge in [0.15, 0.2) is 9.84 Å². The lowest BCUT2D eigenvalue weighted by Gasteiger charge is -2.26. The summed E-state index contributed by atoms with van der Waals surface area (Å²) in [6.45, 7) is 3.67. The molecule has 1 fully saturated rings. The van der Waals surface area contributed by atoms with Gasteiger partial charge in [-0.25, -0.2) is 8.42 Å². The minimum atomic E-state index is -2.95. The molecule has 1 N–H and O–H groups in total. The summed E-state index contributed by atoms with van der Waals surface area (Å²) in [5.41, 5.74) is 0. The Morgan fingerprint density at radius 2 is 2.32 bits per heavy atom. The number of carbonyl (C=O) groups is 1. The lowest BCUT2D eigenvalue weighted by atomic mass is 10.2. The smallest absolute Gasteiger partial charge is 0.234 e. The van der Waals surface area contributed by atoms with Gasteiger partial charge < -0.3 is 5.32 Å². The molecule has 5 nitrogen and oxygen atoms in total. The van der Waals surface area contributed by atoms with Crippen LogP contribution in [0.2, 0.25) is 0 Å². The number of carbonyl (C=O) groups excluding carboxylic acids is 1. The highest BCUT2D eigenvalue weighted by atomic mass is 32.2. The Kier molecular flexibility index (Phi) is 6.40. The van der Waals surface area contributed by atoms with Crippen LogP contribution in [0.1, 0.15) is 31.1 Å². The molecule has 0 radical (unpaired) electrons. The topological polar surface area (TPSA) is 66.5 Å². The zero-order valence-electron chi connectivity index (χ0n) is 13.0. The summed E-state index contributed by atoms with van der Waals surface area (Å²) in [4.78, 5) is 15.2. The van der Waals surface area contributed by atoms with Crippen molar-refractivity contribution in [2.45, 2.75) is 38.8 Å². The number of nitrogens with one attached hydrogen (secondary N) is 1. The molecule has 1 aliphatic rings. The third-order valence-electron chi connectivity index (χ3n) is 3.86. The molecule has 2 heterocycles. The third-order valence-corrected chi connectivity index (χ3v) is 6.47. The molecule has 7 heteroatoms. The van der Waals surface area contributed by atoms with E-state index < -0.39 is 9.84 Å². The monoisotopic (exact) mass is 344 g/mol. The molecule has 1 aliphatic heterocycles. The number of unbranched alkanes of at least 4 members (excludes halogenated alkanes) is 1. The van der Waals surface area contributed by atoms with Crippen molar-refractivity contribution in [3.63, 3.8) is 0 Å². The number of hydrogen-bond acceptors (Lipinski definition) is 5. The first-order chi connectivity index (χ1) is 10.5. The summed E-state index contributed by atoms with van der Waals surface area (Å²) in [7, 11) is -2.95. The largest absolute Gasteiger partial charge is 0.355 e. The molecular formula is C15H24N2O3S2. The average Bonchev–Trinajstić information content (AvgIpc) is 3.07. The number of hydrogen-bond donors (Lipinski definition) is 1. The van der Waals surface area contributed by atoms with Crippen molar-refractivity contribution in [3.8, 4) is 0 Å². The van der Waals surface area contributed by atoms with Crippen molar-refractivity contribution in [1.29, 1.82) is 0 Å². The standard InChI is InChI=1S/C15H24N2O3S2/c1-2-3-7-16-15(18)11-17(10-14-5-4-8-21-14)13-6-9-22(19,20)12-13/h4-5,8,13H,2-3,6-7,9-12H2,1H3,(H,16,18)/t13-/m1/s1. The van der Waals surface area contributed by atoms with Crippen LogP contribution in [0.5, 0.6) is 0 Å². The van der Waals surface area contributed by atoms with Crippen molar-refractivity contribution in [2.24, 2.45) is 0 Å². The summed E-state index contributed by atoms with van der Waals surface area (Å²) in [6, 6.07) is 3.95. The normalized spacial score (nSPS) is 20.4. The maximum Gasteiger partial charge on any atom is 0.234 e. The number of nitrogens with zero attached hydrogens (tertiary/aromatic N) is 1. The first-order valence-electron chi connectivity index (χ1n) is 7.73. The summed E-state index contributed by atoms with van der Waals surface area (Å²) >= 11 is 1.64. The third kappa shape index (κ3) is 5.37. The molecule has 0 bridgehead atoms. The SMILES string of the molecule is CCCCNC(=O)CN(Cc1cccs1)[C@@H]1CCS(=O)(=O)C1. The summed E-state index contributed by atoms with van der Waals surface area (Å²) in [6.07, 6.45) is 2.63. The minimum absolute atomic E-state index is 0.0192. The van der Waals surface area contributed by atoms with E-state index in [1.807, 2.05) is 22.4 Å². The number of amides is 1. The molecule has 0 saturated carbocycles. The van der Waals surface area contributed by atoms with Gasteiger partial charge in [-0.1, -0.05) is 19.4 Å². The van der Waals surface area contributed by atoms with Crippen LogP contribution in [0, 0.1) is 0 Å². The molecule has 1 aromatic heterocycles. The number of rotatable bonds is 8. The van der Waals surface area contributed by atoms with Gasteiger partial charge in [-0.2, -0.15) is 0 Å². The van der Waals surface area contributed by atoms with Gasteiger partial charge in [-0.3, -0.25) is 9.69 Å². The first-order valence-corrected chi connectivity index (χ1v) is 10.4. The van der Waals surface area contributed by atoms with Gasteiger partial charge >= 0.3 is 0 Å². The fourth-order valence-electron chi connectivity index (χ4n) is 2.63. The van der Waals surface area contributed by atoms with Gasteiger partial charge in [0.1, 0.15) is 0 Å². The predicted octanol–water partition coefficient (Wildman–Crippen LogP) is 1.65. The Labute approximate surface area is 136 Å². The number of sulfone groups is 1. The fourth-order valence-corrected chi connectivity index (χ4v) is 5.12. The van der Waals surface area contributed by atoms with Gasteiger partial charge in [-0.05, 0) is 24.3 Å². The van der Waals surface area contributed by atoms with Crippen LogP contribution in [-0.2, 0) is 21.2 Å². The van der Waals surface area contributed by atoms with Gasteiger partial charge in [0, 0.05) is 24.0 Å². The van der Waals surface area contributed by atoms with E-state index in [2.05, 4.69) is 12.2 Å². The van der Waals surface area contributed by atoms with E-state index >= 15 is 0 Å². The van der Waals surface area contributed by atoms with E-state index in [4.69, 9.17) is 0 Å². The fraction of sp³-hybridized carbons (Fsp3) is 0.667. The van der Waals surface area contributed by atoms with E-state index in [1.165, 1.54) is 0 Å². The lowest BCUT2D eigenvalue weighted by Crippen LogP contribution is -2.43. The minimum Gasteiger partial charge on any atom is -0.355 e. The second-order valence-corrected chi connectivity index (χ2v) is 9.01. The van der Waals surface area contributed by atoms with Crippen molar-refractivity contribution >= 4 is 27.1 Å².